The first kappa shape index (κ1) is 14.8. The standard InChI is InChI=1S/C14H13F2N3O2/c1-18(2)10-6-14(21)19(17-7-10)8-13(20)11-4-3-9(15)5-12(11)16/h3-7H,8H2,1-2H3. The summed E-state index contributed by atoms with van der Waals surface area (Å²) < 4.78 is 27.2. The highest BCUT2D eigenvalue weighted by Gasteiger charge is 2.14. The summed E-state index contributed by atoms with van der Waals surface area (Å²) in [6.07, 6.45) is 1.43. The van der Waals surface area contributed by atoms with E-state index in [0.29, 0.717) is 11.8 Å². The predicted molar refractivity (Wildman–Crippen MR) is 73.5 cm³/mol. The molecule has 1 aromatic carbocycles. The lowest BCUT2D eigenvalue weighted by Crippen LogP contribution is -2.27. The predicted octanol–water partition coefficient (Wildman–Crippen LogP) is 1.47. The highest BCUT2D eigenvalue weighted by molar-refractivity contribution is 5.96. The van der Waals surface area contributed by atoms with E-state index < -0.39 is 29.5 Å². The summed E-state index contributed by atoms with van der Waals surface area (Å²) in [7, 11) is 3.50. The van der Waals surface area contributed by atoms with E-state index in [0.717, 1.165) is 16.8 Å². The van der Waals surface area contributed by atoms with Crippen molar-refractivity contribution in [2.24, 2.45) is 0 Å². The maximum absolute atomic E-state index is 13.5. The van der Waals surface area contributed by atoms with Crippen LogP contribution in [0.5, 0.6) is 0 Å². The molecule has 110 valence electrons. The van der Waals surface area contributed by atoms with Crippen LogP contribution in [0.4, 0.5) is 14.5 Å². The van der Waals surface area contributed by atoms with Gasteiger partial charge in [-0.25, -0.2) is 13.5 Å². The molecule has 0 spiro atoms. The van der Waals surface area contributed by atoms with Crippen LogP contribution in [0.3, 0.4) is 0 Å². The van der Waals surface area contributed by atoms with Crippen molar-refractivity contribution in [3.05, 3.63) is 58.0 Å². The average Bonchev–Trinajstić information content (AvgIpc) is 2.40. The summed E-state index contributed by atoms with van der Waals surface area (Å²) in [5.41, 5.74) is -0.157. The quantitative estimate of drug-likeness (QED) is 0.801. The van der Waals surface area contributed by atoms with Crippen LogP contribution in [0, 0.1) is 11.6 Å². The number of nitrogens with zero attached hydrogens (tertiary/aromatic N) is 3. The Morgan fingerprint density at radius 1 is 1.29 bits per heavy atom. The molecule has 0 saturated heterocycles. The zero-order valence-corrected chi connectivity index (χ0v) is 11.5. The second kappa shape index (κ2) is 5.82. The number of rotatable bonds is 4. The van der Waals surface area contributed by atoms with Crippen LogP contribution in [-0.4, -0.2) is 29.7 Å². The second-order valence-corrected chi connectivity index (χ2v) is 4.65. The molecule has 0 aliphatic heterocycles. The Morgan fingerprint density at radius 2 is 2.00 bits per heavy atom. The number of aromatic nitrogens is 2. The molecule has 0 N–H and O–H groups in total. The van der Waals surface area contributed by atoms with E-state index in [1.54, 1.807) is 19.0 Å². The number of halogens is 2. The van der Waals surface area contributed by atoms with Crippen LogP contribution in [0.1, 0.15) is 10.4 Å². The summed E-state index contributed by atoms with van der Waals surface area (Å²) in [6.45, 7) is -0.408. The van der Waals surface area contributed by atoms with Gasteiger partial charge >= 0.3 is 0 Å². The van der Waals surface area contributed by atoms with Gasteiger partial charge in [0.25, 0.3) is 5.56 Å². The van der Waals surface area contributed by atoms with Gasteiger partial charge in [0, 0.05) is 26.2 Å². The number of anilines is 1. The first-order valence-electron chi connectivity index (χ1n) is 6.11. The van der Waals surface area contributed by atoms with E-state index >= 15 is 0 Å². The van der Waals surface area contributed by atoms with Crippen LogP contribution >= 0.6 is 0 Å². The summed E-state index contributed by atoms with van der Waals surface area (Å²) >= 11 is 0. The summed E-state index contributed by atoms with van der Waals surface area (Å²) in [5, 5.41) is 3.86. The van der Waals surface area contributed by atoms with Gasteiger partial charge < -0.3 is 4.90 Å². The van der Waals surface area contributed by atoms with Crippen LogP contribution in [0.2, 0.25) is 0 Å². The largest absolute Gasteiger partial charge is 0.376 e. The molecule has 21 heavy (non-hydrogen) atoms. The molecule has 0 radical (unpaired) electrons. The molecule has 2 rings (SSSR count). The highest BCUT2D eigenvalue weighted by Crippen LogP contribution is 2.11. The lowest BCUT2D eigenvalue weighted by molar-refractivity contribution is 0.0961. The lowest BCUT2D eigenvalue weighted by Gasteiger charge is -2.12. The Morgan fingerprint density at radius 3 is 2.57 bits per heavy atom. The van der Waals surface area contributed by atoms with Gasteiger partial charge in [-0.2, -0.15) is 5.10 Å². The van der Waals surface area contributed by atoms with E-state index in [2.05, 4.69) is 5.10 Å². The molecule has 0 saturated carbocycles. The SMILES string of the molecule is CN(C)c1cnn(CC(=O)c2ccc(F)cc2F)c(=O)c1. The second-order valence-electron chi connectivity index (χ2n) is 4.65. The molecule has 5 nitrogen and oxygen atoms in total. The first-order valence-corrected chi connectivity index (χ1v) is 6.11. The van der Waals surface area contributed by atoms with Crippen molar-refractivity contribution in [3.63, 3.8) is 0 Å². The van der Waals surface area contributed by atoms with Crippen molar-refractivity contribution in [1.29, 1.82) is 0 Å². The zero-order chi connectivity index (χ0) is 15.6. The fourth-order valence-electron chi connectivity index (χ4n) is 1.72. The van der Waals surface area contributed by atoms with Crippen LogP contribution in [-0.2, 0) is 6.54 Å². The number of ketones is 1. The summed E-state index contributed by atoms with van der Waals surface area (Å²) in [5.74, 6) is -2.38. The van der Waals surface area contributed by atoms with Gasteiger partial charge in [-0.3, -0.25) is 9.59 Å². The summed E-state index contributed by atoms with van der Waals surface area (Å²) in [4.78, 5) is 25.5. The Kier molecular flexibility index (Phi) is 4.11. The van der Waals surface area contributed by atoms with Gasteiger partial charge in [-0.15, -0.1) is 0 Å². The smallest absolute Gasteiger partial charge is 0.269 e. The molecule has 1 aromatic heterocycles. The maximum Gasteiger partial charge on any atom is 0.269 e. The van der Waals surface area contributed by atoms with Crippen molar-refractivity contribution in [3.8, 4) is 0 Å². The molecule has 0 unspecified atom stereocenters. The molecule has 0 amide bonds. The van der Waals surface area contributed by atoms with Crippen LogP contribution in [0.15, 0.2) is 35.3 Å². The number of Topliss-reactive ketones (excluding diaryl/α,β-unsaturated/α-hetero) is 1. The molecule has 0 fully saturated rings. The number of hydrogen-bond donors (Lipinski definition) is 0. The van der Waals surface area contributed by atoms with Crippen molar-refractivity contribution in [2.45, 2.75) is 6.54 Å². The van der Waals surface area contributed by atoms with Crippen molar-refractivity contribution >= 4 is 11.5 Å². The van der Waals surface area contributed by atoms with Gasteiger partial charge in [0.1, 0.15) is 18.2 Å². The third-order valence-electron chi connectivity index (χ3n) is 2.90. The van der Waals surface area contributed by atoms with Crippen LogP contribution in [0.25, 0.3) is 0 Å². The molecule has 2 aromatic rings. The molecule has 0 bridgehead atoms. The number of hydrogen-bond acceptors (Lipinski definition) is 4. The van der Waals surface area contributed by atoms with E-state index in [-0.39, 0.29) is 5.56 Å². The summed E-state index contributed by atoms with van der Waals surface area (Å²) in [6, 6.07) is 3.98. The number of carbonyl (C=O) groups excluding carboxylic acids is 1. The van der Waals surface area contributed by atoms with E-state index in [1.807, 2.05) is 0 Å². The molecule has 0 atom stereocenters. The molecular formula is C14H13F2N3O2. The van der Waals surface area contributed by atoms with Gasteiger partial charge in [0.05, 0.1) is 17.4 Å². The number of benzene rings is 1. The maximum atomic E-state index is 13.5. The van der Waals surface area contributed by atoms with Crippen molar-refractivity contribution in [2.75, 3.05) is 19.0 Å². The lowest BCUT2D eigenvalue weighted by atomic mass is 10.1. The fourth-order valence-corrected chi connectivity index (χ4v) is 1.72. The normalized spacial score (nSPS) is 10.5. The minimum atomic E-state index is -0.960. The Hall–Kier alpha value is -2.57. The molecular weight excluding hydrogens is 280 g/mol. The van der Waals surface area contributed by atoms with Crippen molar-refractivity contribution in [1.82, 2.24) is 9.78 Å². The monoisotopic (exact) mass is 293 g/mol. The van der Waals surface area contributed by atoms with Crippen LogP contribution < -0.4 is 10.5 Å². The van der Waals surface area contributed by atoms with Gasteiger partial charge in [0.2, 0.25) is 0 Å². The minimum absolute atomic E-state index is 0.276. The first-order chi connectivity index (χ1) is 9.88. The highest BCUT2D eigenvalue weighted by atomic mass is 19.1. The van der Waals surface area contributed by atoms with E-state index in [1.165, 1.54) is 12.3 Å². The third-order valence-corrected chi connectivity index (χ3v) is 2.90. The molecule has 1 heterocycles. The van der Waals surface area contributed by atoms with Gasteiger partial charge in [-0.1, -0.05) is 0 Å². The van der Waals surface area contributed by atoms with Crippen molar-refractivity contribution < 1.29 is 13.6 Å². The number of carbonyl (C=O) groups is 1. The Labute approximate surface area is 119 Å². The third kappa shape index (κ3) is 3.31. The Balaban J connectivity index is 2.26. The molecule has 0 aliphatic rings. The fraction of sp³-hybridized carbons (Fsp3) is 0.214. The van der Waals surface area contributed by atoms with E-state index in [4.69, 9.17) is 0 Å². The average molecular weight is 293 g/mol. The molecule has 7 heteroatoms. The zero-order valence-electron chi connectivity index (χ0n) is 11.5. The topological polar surface area (TPSA) is 55.2 Å². The van der Waals surface area contributed by atoms with Gasteiger partial charge in [0.15, 0.2) is 5.78 Å². The van der Waals surface area contributed by atoms with Gasteiger partial charge in [-0.05, 0) is 12.1 Å². The molecule has 0 aliphatic carbocycles. The van der Waals surface area contributed by atoms with E-state index in [9.17, 15) is 18.4 Å². The Bertz CT molecular complexity index is 741. The minimum Gasteiger partial charge on any atom is -0.376 e.